The molecule has 3 amide bonds. The van der Waals surface area contributed by atoms with Crippen LogP contribution in [0.2, 0.25) is 0 Å². The topological polar surface area (TPSA) is 96.3 Å². The summed E-state index contributed by atoms with van der Waals surface area (Å²) in [5.74, 6) is -0.931. The van der Waals surface area contributed by atoms with Crippen molar-refractivity contribution in [2.45, 2.75) is 33.0 Å². The summed E-state index contributed by atoms with van der Waals surface area (Å²) in [7, 11) is 0. The average Bonchev–Trinajstić information content (AvgIpc) is 3.20. The highest BCUT2D eigenvalue weighted by Gasteiger charge is 2.26. The van der Waals surface area contributed by atoms with E-state index < -0.39 is 5.91 Å². The highest BCUT2D eigenvalue weighted by Crippen LogP contribution is 2.18. The SMILES string of the molecule is Cc1ccccc1CN1CCCn2nc(C(=O)NCC(=O)NCc3ccccc3)cc2C1=O. The molecule has 8 nitrogen and oxygen atoms in total. The molecule has 170 valence electrons. The van der Waals surface area contributed by atoms with E-state index in [1.807, 2.05) is 61.5 Å². The van der Waals surface area contributed by atoms with E-state index in [2.05, 4.69) is 15.7 Å². The molecule has 0 spiro atoms. The summed E-state index contributed by atoms with van der Waals surface area (Å²) < 4.78 is 1.59. The van der Waals surface area contributed by atoms with E-state index in [-0.39, 0.29) is 24.1 Å². The highest BCUT2D eigenvalue weighted by atomic mass is 16.2. The van der Waals surface area contributed by atoms with E-state index in [0.717, 1.165) is 23.1 Å². The molecule has 4 rings (SSSR count). The molecule has 0 fully saturated rings. The van der Waals surface area contributed by atoms with Gasteiger partial charge in [-0.05, 0) is 30.0 Å². The Morgan fingerprint density at radius 2 is 1.76 bits per heavy atom. The minimum atomic E-state index is -0.483. The third kappa shape index (κ3) is 5.46. The van der Waals surface area contributed by atoms with Crippen LogP contribution < -0.4 is 10.6 Å². The summed E-state index contributed by atoms with van der Waals surface area (Å²) in [4.78, 5) is 39.6. The van der Waals surface area contributed by atoms with Gasteiger partial charge in [0, 0.05) is 32.2 Å². The number of benzene rings is 2. The first-order valence-electron chi connectivity index (χ1n) is 11.0. The maximum absolute atomic E-state index is 13.1. The van der Waals surface area contributed by atoms with Gasteiger partial charge in [-0.2, -0.15) is 5.10 Å². The zero-order valence-electron chi connectivity index (χ0n) is 18.6. The van der Waals surface area contributed by atoms with E-state index in [9.17, 15) is 14.4 Å². The molecule has 1 aliphatic heterocycles. The summed E-state index contributed by atoms with van der Waals surface area (Å²) in [6.07, 6.45) is 0.745. The number of aryl methyl sites for hydroxylation is 2. The molecule has 8 heteroatoms. The maximum atomic E-state index is 13.1. The van der Waals surface area contributed by atoms with Crippen molar-refractivity contribution in [2.75, 3.05) is 13.1 Å². The van der Waals surface area contributed by atoms with Gasteiger partial charge in [0.2, 0.25) is 5.91 Å². The second-order valence-corrected chi connectivity index (χ2v) is 8.09. The third-order valence-corrected chi connectivity index (χ3v) is 5.68. The molecule has 0 saturated heterocycles. The fraction of sp³-hybridized carbons (Fsp3) is 0.280. The maximum Gasteiger partial charge on any atom is 0.272 e. The average molecular weight is 446 g/mol. The van der Waals surface area contributed by atoms with Gasteiger partial charge >= 0.3 is 0 Å². The summed E-state index contributed by atoms with van der Waals surface area (Å²) in [5.41, 5.74) is 3.72. The Morgan fingerprint density at radius 3 is 2.55 bits per heavy atom. The van der Waals surface area contributed by atoms with Gasteiger partial charge in [-0.25, -0.2) is 0 Å². The van der Waals surface area contributed by atoms with E-state index in [4.69, 9.17) is 0 Å². The second-order valence-electron chi connectivity index (χ2n) is 8.09. The first kappa shape index (κ1) is 22.3. The Bertz CT molecular complexity index is 1160. The lowest BCUT2D eigenvalue weighted by Crippen LogP contribution is -2.36. The monoisotopic (exact) mass is 445 g/mol. The van der Waals surface area contributed by atoms with Crippen LogP contribution in [0.3, 0.4) is 0 Å². The fourth-order valence-electron chi connectivity index (χ4n) is 3.80. The van der Waals surface area contributed by atoms with Crippen LogP contribution in [0.5, 0.6) is 0 Å². The molecule has 0 unspecified atom stereocenters. The van der Waals surface area contributed by atoms with Gasteiger partial charge in [-0.3, -0.25) is 19.1 Å². The Morgan fingerprint density at radius 1 is 1.00 bits per heavy atom. The van der Waals surface area contributed by atoms with Crippen molar-refractivity contribution < 1.29 is 14.4 Å². The van der Waals surface area contributed by atoms with Gasteiger partial charge in [0.05, 0.1) is 6.54 Å². The lowest BCUT2D eigenvalue weighted by Gasteiger charge is -2.21. The Kier molecular flexibility index (Phi) is 6.83. The second kappa shape index (κ2) is 10.1. The molecule has 0 radical (unpaired) electrons. The fourth-order valence-corrected chi connectivity index (χ4v) is 3.80. The van der Waals surface area contributed by atoms with Crippen molar-refractivity contribution in [2.24, 2.45) is 0 Å². The Hall–Kier alpha value is -3.94. The van der Waals surface area contributed by atoms with Crippen molar-refractivity contribution in [3.63, 3.8) is 0 Å². The number of amides is 3. The number of carbonyl (C=O) groups excluding carboxylic acids is 3. The zero-order chi connectivity index (χ0) is 23.2. The molecule has 33 heavy (non-hydrogen) atoms. The number of carbonyl (C=O) groups is 3. The molecule has 1 aromatic heterocycles. The Labute approximate surface area is 192 Å². The van der Waals surface area contributed by atoms with Gasteiger partial charge in [0.1, 0.15) is 5.69 Å². The minimum absolute atomic E-state index is 0.131. The normalized spacial score (nSPS) is 13.2. The van der Waals surface area contributed by atoms with Crippen molar-refractivity contribution in [3.8, 4) is 0 Å². The number of hydrogen-bond donors (Lipinski definition) is 2. The van der Waals surface area contributed by atoms with E-state index in [0.29, 0.717) is 31.9 Å². The molecule has 2 aromatic carbocycles. The van der Waals surface area contributed by atoms with Gasteiger partial charge in [-0.15, -0.1) is 0 Å². The van der Waals surface area contributed by atoms with Crippen LogP contribution >= 0.6 is 0 Å². The van der Waals surface area contributed by atoms with Crippen molar-refractivity contribution in [3.05, 3.63) is 88.7 Å². The molecular weight excluding hydrogens is 418 g/mol. The van der Waals surface area contributed by atoms with Crippen LogP contribution in [0.1, 0.15) is 44.1 Å². The number of fused-ring (bicyclic) bond motifs is 1. The molecule has 1 aliphatic rings. The van der Waals surface area contributed by atoms with Crippen LogP contribution in [0.15, 0.2) is 60.7 Å². The minimum Gasteiger partial charge on any atom is -0.350 e. The number of hydrogen-bond acceptors (Lipinski definition) is 4. The van der Waals surface area contributed by atoms with Crippen molar-refractivity contribution >= 4 is 17.7 Å². The molecule has 3 aromatic rings. The highest BCUT2D eigenvalue weighted by molar-refractivity contribution is 5.99. The van der Waals surface area contributed by atoms with E-state index in [1.54, 1.807) is 9.58 Å². The molecule has 0 saturated carbocycles. The number of aromatic nitrogens is 2. The van der Waals surface area contributed by atoms with Crippen LogP contribution in [-0.2, 0) is 24.4 Å². The largest absolute Gasteiger partial charge is 0.350 e. The molecular formula is C25H27N5O3. The van der Waals surface area contributed by atoms with Crippen LogP contribution in [0.4, 0.5) is 0 Å². The van der Waals surface area contributed by atoms with Crippen molar-refractivity contribution in [1.29, 1.82) is 0 Å². The van der Waals surface area contributed by atoms with Crippen LogP contribution in [-0.4, -0.2) is 45.5 Å². The smallest absolute Gasteiger partial charge is 0.272 e. The molecule has 0 atom stereocenters. The predicted octanol–water partition coefficient (Wildman–Crippen LogP) is 2.28. The number of nitrogens with zero attached hydrogens (tertiary/aromatic N) is 3. The lowest BCUT2D eigenvalue weighted by molar-refractivity contribution is -0.120. The molecule has 2 heterocycles. The van der Waals surface area contributed by atoms with Crippen molar-refractivity contribution in [1.82, 2.24) is 25.3 Å². The van der Waals surface area contributed by atoms with Gasteiger partial charge in [-0.1, -0.05) is 54.6 Å². The summed E-state index contributed by atoms with van der Waals surface area (Å²) >= 11 is 0. The third-order valence-electron chi connectivity index (χ3n) is 5.68. The summed E-state index contributed by atoms with van der Waals surface area (Å²) in [6.45, 7) is 3.94. The van der Waals surface area contributed by atoms with Gasteiger partial charge in [0.25, 0.3) is 11.8 Å². The predicted molar refractivity (Wildman–Crippen MR) is 123 cm³/mol. The number of nitrogens with one attached hydrogen (secondary N) is 2. The van der Waals surface area contributed by atoms with Crippen LogP contribution in [0.25, 0.3) is 0 Å². The summed E-state index contributed by atoms with van der Waals surface area (Å²) in [6, 6.07) is 19.0. The molecule has 0 bridgehead atoms. The molecule has 2 N–H and O–H groups in total. The van der Waals surface area contributed by atoms with Crippen LogP contribution in [0, 0.1) is 6.92 Å². The standard InChI is InChI=1S/C25H27N5O3/c1-18-8-5-6-11-20(18)17-29-12-7-13-30-22(25(29)33)14-21(28-30)24(32)27-16-23(31)26-15-19-9-3-2-4-10-19/h2-6,8-11,14H,7,12-13,15-17H2,1H3,(H,26,31)(H,27,32). The number of rotatable bonds is 7. The molecule has 0 aliphatic carbocycles. The quantitative estimate of drug-likeness (QED) is 0.583. The van der Waals surface area contributed by atoms with E-state index in [1.165, 1.54) is 6.07 Å². The van der Waals surface area contributed by atoms with Gasteiger partial charge < -0.3 is 15.5 Å². The first-order chi connectivity index (χ1) is 16.0. The van der Waals surface area contributed by atoms with E-state index >= 15 is 0 Å². The Balaban J connectivity index is 1.36. The zero-order valence-corrected chi connectivity index (χ0v) is 18.6. The van der Waals surface area contributed by atoms with Gasteiger partial charge in [0.15, 0.2) is 5.69 Å². The first-order valence-corrected chi connectivity index (χ1v) is 11.0. The summed E-state index contributed by atoms with van der Waals surface area (Å²) in [5, 5.41) is 9.66. The lowest BCUT2D eigenvalue weighted by atomic mass is 10.1.